The number of halogens is 1. The zero-order valence-electron chi connectivity index (χ0n) is 14.6. The van der Waals surface area contributed by atoms with Crippen molar-refractivity contribution < 1.29 is 17.6 Å². The van der Waals surface area contributed by atoms with Crippen molar-refractivity contribution in [3.8, 4) is 0 Å². The molecule has 27 heavy (non-hydrogen) atoms. The SMILES string of the molecule is Cc1ccc(NC(=O)c2oc(Br)cc2C)cc1NS(=O)(=O)c1ccccc1. The normalized spacial score (nSPS) is 11.2. The van der Waals surface area contributed by atoms with Crippen molar-refractivity contribution in [2.45, 2.75) is 18.7 Å². The number of nitrogens with one attached hydrogen (secondary N) is 2. The molecule has 0 saturated heterocycles. The van der Waals surface area contributed by atoms with E-state index in [9.17, 15) is 13.2 Å². The standard InChI is InChI=1S/C19H17BrN2O4S/c1-12-8-9-14(21-19(23)18-13(2)10-17(20)26-18)11-16(12)22-27(24,25)15-6-4-3-5-7-15/h3-11,22H,1-2H3,(H,21,23). The molecule has 0 atom stereocenters. The Kier molecular flexibility index (Phi) is 5.38. The maximum atomic E-state index is 12.5. The van der Waals surface area contributed by atoms with Crippen molar-refractivity contribution in [3.63, 3.8) is 0 Å². The van der Waals surface area contributed by atoms with E-state index in [1.165, 1.54) is 12.1 Å². The molecule has 0 bridgehead atoms. The van der Waals surface area contributed by atoms with E-state index in [4.69, 9.17) is 4.42 Å². The average Bonchev–Trinajstić information content (AvgIpc) is 2.97. The number of benzene rings is 2. The first-order chi connectivity index (χ1) is 12.8. The van der Waals surface area contributed by atoms with Crippen LogP contribution in [0.5, 0.6) is 0 Å². The van der Waals surface area contributed by atoms with Gasteiger partial charge in [-0.05, 0) is 65.7 Å². The number of carbonyl (C=O) groups excluding carboxylic acids is 1. The highest BCUT2D eigenvalue weighted by Gasteiger charge is 2.17. The summed E-state index contributed by atoms with van der Waals surface area (Å²) < 4.78 is 33.4. The van der Waals surface area contributed by atoms with Crippen molar-refractivity contribution in [2.75, 3.05) is 10.0 Å². The first kappa shape index (κ1) is 19.2. The molecule has 0 aliphatic rings. The van der Waals surface area contributed by atoms with Gasteiger partial charge >= 0.3 is 0 Å². The number of aryl methyl sites for hydroxylation is 2. The van der Waals surface area contributed by atoms with Crippen LogP contribution in [0.3, 0.4) is 0 Å². The lowest BCUT2D eigenvalue weighted by Gasteiger charge is -2.13. The molecule has 0 spiro atoms. The highest BCUT2D eigenvalue weighted by molar-refractivity contribution is 9.10. The Balaban J connectivity index is 1.84. The van der Waals surface area contributed by atoms with Gasteiger partial charge in [-0.25, -0.2) is 8.42 Å². The molecule has 2 N–H and O–H groups in total. The van der Waals surface area contributed by atoms with Crippen LogP contribution in [-0.2, 0) is 10.0 Å². The Morgan fingerprint density at radius 2 is 1.70 bits per heavy atom. The molecule has 0 fully saturated rings. The van der Waals surface area contributed by atoms with Crippen molar-refractivity contribution in [2.24, 2.45) is 0 Å². The van der Waals surface area contributed by atoms with Crippen LogP contribution in [-0.4, -0.2) is 14.3 Å². The third kappa shape index (κ3) is 4.40. The Morgan fingerprint density at radius 1 is 1.00 bits per heavy atom. The van der Waals surface area contributed by atoms with Crippen molar-refractivity contribution in [1.82, 2.24) is 0 Å². The number of furan rings is 1. The van der Waals surface area contributed by atoms with Crippen LogP contribution >= 0.6 is 15.9 Å². The zero-order chi connectivity index (χ0) is 19.6. The second kappa shape index (κ2) is 7.58. The summed E-state index contributed by atoms with van der Waals surface area (Å²) in [4.78, 5) is 12.5. The molecule has 0 aliphatic heterocycles. The van der Waals surface area contributed by atoms with E-state index in [-0.39, 0.29) is 10.7 Å². The monoisotopic (exact) mass is 448 g/mol. The van der Waals surface area contributed by atoms with E-state index in [0.29, 0.717) is 21.6 Å². The highest BCUT2D eigenvalue weighted by Crippen LogP contribution is 2.25. The predicted octanol–water partition coefficient (Wildman–Crippen LogP) is 4.71. The molecule has 0 aliphatic carbocycles. The lowest BCUT2D eigenvalue weighted by Crippen LogP contribution is -2.15. The summed E-state index contributed by atoms with van der Waals surface area (Å²) in [6.07, 6.45) is 0. The van der Waals surface area contributed by atoms with E-state index < -0.39 is 15.9 Å². The quantitative estimate of drug-likeness (QED) is 0.591. The van der Waals surface area contributed by atoms with Crippen LogP contribution in [0.4, 0.5) is 11.4 Å². The summed E-state index contributed by atoms with van der Waals surface area (Å²) >= 11 is 3.19. The van der Waals surface area contributed by atoms with Gasteiger partial charge in [0.05, 0.1) is 10.6 Å². The largest absolute Gasteiger partial charge is 0.444 e. The van der Waals surface area contributed by atoms with Gasteiger partial charge < -0.3 is 9.73 Å². The van der Waals surface area contributed by atoms with Crippen molar-refractivity contribution >= 4 is 43.2 Å². The molecular weight excluding hydrogens is 432 g/mol. The van der Waals surface area contributed by atoms with Crippen LogP contribution < -0.4 is 10.0 Å². The maximum absolute atomic E-state index is 12.5. The summed E-state index contributed by atoms with van der Waals surface area (Å²) in [5.74, 6) is -0.229. The number of sulfonamides is 1. The fourth-order valence-corrected chi connectivity index (χ4v) is 4.12. The molecule has 3 aromatic rings. The first-order valence-corrected chi connectivity index (χ1v) is 10.3. The minimum atomic E-state index is -3.72. The average molecular weight is 449 g/mol. The zero-order valence-corrected chi connectivity index (χ0v) is 17.0. The predicted molar refractivity (Wildman–Crippen MR) is 108 cm³/mol. The minimum Gasteiger partial charge on any atom is -0.444 e. The fourth-order valence-electron chi connectivity index (χ4n) is 2.47. The number of carbonyl (C=O) groups is 1. The number of hydrogen-bond donors (Lipinski definition) is 2. The minimum absolute atomic E-state index is 0.162. The van der Waals surface area contributed by atoms with Gasteiger partial charge in [-0.1, -0.05) is 24.3 Å². The van der Waals surface area contributed by atoms with Gasteiger partial charge in [-0.15, -0.1) is 0 Å². The van der Waals surface area contributed by atoms with E-state index in [0.717, 1.165) is 5.56 Å². The summed E-state index contributed by atoms with van der Waals surface area (Å²) in [5.41, 5.74) is 2.25. The van der Waals surface area contributed by atoms with Gasteiger partial charge in [0, 0.05) is 11.3 Å². The molecule has 0 unspecified atom stereocenters. The first-order valence-electron chi connectivity index (χ1n) is 8.02. The second-order valence-corrected chi connectivity index (χ2v) is 8.43. The smallest absolute Gasteiger partial charge is 0.291 e. The lowest BCUT2D eigenvalue weighted by atomic mass is 10.2. The van der Waals surface area contributed by atoms with Gasteiger partial charge in [-0.2, -0.15) is 0 Å². The molecule has 140 valence electrons. The van der Waals surface area contributed by atoms with Crippen LogP contribution in [0.2, 0.25) is 0 Å². The summed E-state index contributed by atoms with van der Waals surface area (Å²) in [7, 11) is -3.72. The number of hydrogen-bond acceptors (Lipinski definition) is 4. The van der Waals surface area contributed by atoms with Crippen LogP contribution in [0, 0.1) is 13.8 Å². The fraction of sp³-hybridized carbons (Fsp3) is 0.105. The molecule has 2 aromatic carbocycles. The Morgan fingerprint density at radius 3 is 2.33 bits per heavy atom. The van der Waals surface area contributed by atoms with Crippen molar-refractivity contribution in [1.29, 1.82) is 0 Å². The molecule has 1 aromatic heterocycles. The van der Waals surface area contributed by atoms with Crippen LogP contribution in [0.1, 0.15) is 21.7 Å². The van der Waals surface area contributed by atoms with Gasteiger partial charge in [0.2, 0.25) is 0 Å². The van der Waals surface area contributed by atoms with Gasteiger partial charge in [0.15, 0.2) is 10.4 Å². The van der Waals surface area contributed by atoms with Crippen LogP contribution in [0.15, 0.2) is 68.6 Å². The van der Waals surface area contributed by atoms with E-state index in [1.54, 1.807) is 56.3 Å². The Labute approximate surface area is 165 Å². The van der Waals surface area contributed by atoms with Crippen LogP contribution in [0.25, 0.3) is 0 Å². The highest BCUT2D eigenvalue weighted by atomic mass is 79.9. The summed E-state index contributed by atoms with van der Waals surface area (Å²) in [6, 6.07) is 14.8. The Bertz CT molecular complexity index is 1090. The number of rotatable bonds is 5. The molecule has 0 radical (unpaired) electrons. The molecule has 1 amide bonds. The number of anilines is 2. The summed E-state index contributed by atoms with van der Waals surface area (Å²) in [6.45, 7) is 3.54. The van der Waals surface area contributed by atoms with E-state index in [2.05, 4.69) is 26.0 Å². The van der Waals surface area contributed by atoms with Crippen molar-refractivity contribution in [3.05, 3.63) is 76.2 Å². The number of amides is 1. The maximum Gasteiger partial charge on any atom is 0.291 e. The lowest BCUT2D eigenvalue weighted by molar-refractivity contribution is 0.0994. The van der Waals surface area contributed by atoms with Gasteiger partial charge in [0.1, 0.15) is 0 Å². The molecule has 0 saturated carbocycles. The van der Waals surface area contributed by atoms with Gasteiger partial charge in [0.25, 0.3) is 15.9 Å². The molecule has 6 nitrogen and oxygen atoms in total. The summed E-state index contributed by atoms with van der Waals surface area (Å²) in [5, 5.41) is 2.72. The third-order valence-electron chi connectivity index (χ3n) is 3.89. The second-order valence-electron chi connectivity index (χ2n) is 5.97. The topological polar surface area (TPSA) is 88.4 Å². The molecule has 3 rings (SSSR count). The third-order valence-corrected chi connectivity index (χ3v) is 5.66. The van der Waals surface area contributed by atoms with Gasteiger partial charge in [-0.3, -0.25) is 9.52 Å². The molecule has 8 heteroatoms. The van der Waals surface area contributed by atoms with E-state index in [1.807, 2.05) is 0 Å². The Hall–Kier alpha value is -2.58. The molecule has 1 heterocycles. The van der Waals surface area contributed by atoms with E-state index >= 15 is 0 Å². The molecular formula is C19H17BrN2O4S.